The van der Waals surface area contributed by atoms with Crippen LogP contribution in [0.2, 0.25) is 0 Å². The fraction of sp³-hybridized carbons (Fsp3) is 0.615. The van der Waals surface area contributed by atoms with E-state index in [0.717, 1.165) is 19.8 Å². The molecule has 0 unspecified atom stereocenters. The molecule has 2 saturated heterocycles. The zero-order valence-electron chi connectivity index (χ0n) is 9.56. The molecule has 16 heavy (non-hydrogen) atoms. The summed E-state index contributed by atoms with van der Waals surface area (Å²) in [5.41, 5.74) is 1.73. The molecule has 0 radical (unpaired) electrons. The number of piperidine rings is 1. The summed E-state index contributed by atoms with van der Waals surface area (Å²) in [7, 11) is 0. The van der Waals surface area contributed by atoms with Crippen molar-refractivity contribution in [1.29, 1.82) is 0 Å². The van der Waals surface area contributed by atoms with Gasteiger partial charge in [0.25, 0.3) is 0 Å². The minimum atomic E-state index is 0.542. The van der Waals surface area contributed by atoms with E-state index in [9.17, 15) is 0 Å². The molecule has 86 valence electrons. The standard InChI is InChI=1S/C13H18N2O/c1-2-6-14-12(3-1)9-15-7-4-13(5-8-15)10-16-11-13/h1-3,6H,4-5,7-11H2. The highest BCUT2D eigenvalue weighted by atomic mass is 16.5. The van der Waals surface area contributed by atoms with Crippen molar-refractivity contribution in [3.8, 4) is 0 Å². The van der Waals surface area contributed by atoms with E-state index < -0.39 is 0 Å². The molecule has 0 saturated carbocycles. The zero-order chi connectivity index (χ0) is 10.8. The maximum Gasteiger partial charge on any atom is 0.0545 e. The highest BCUT2D eigenvalue weighted by molar-refractivity contribution is 5.04. The van der Waals surface area contributed by atoms with Gasteiger partial charge in [0.05, 0.1) is 18.9 Å². The minimum absolute atomic E-state index is 0.542. The monoisotopic (exact) mass is 218 g/mol. The normalized spacial score (nSPS) is 24.2. The molecule has 0 bridgehead atoms. The smallest absolute Gasteiger partial charge is 0.0545 e. The lowest BCUT2D eigenvalue weighted by Gasteiger charge is -2.47. The Kier molecular flexibility index (Phi) is 2.65. The number of aromatic nitrogens is 1. The molecule has 1 aromatic rings. The SMILES string of the molecule is c1ccc(CN2CCC3(CC2)COC3)nc1. The summed E-state index contributed by atoms with van der Waals surface area (Å²) in [6, 6.07) is 6.14. The molecule has 0 aromatic carbocycles. The quantitative estimate of drug-likeness (QED) is 0.755. The highest BCUT2D eigenvalue weighted by Gasteiger charge is 2.40. The summed E-state index contributed by atoms with van der Waals surface area (Å²) in [4.78, 5) is 6.88. The van der Waals surface area contributed by atoms with Crippen LogP contribution in [0.1, 0.15) is 18.5 Å². The van der Waals surface area contributed by atoms with Crippen molar-refractivity contribution in [3.63, 3.8) is 0 Å². The predicted octanol–water partition coefficient (Wildman–Crippen LogP) is 1.69. The second-order valence-electron chi connectivity index (χ2n) is 5.09. The first-order chi connectivity index (χ1) is 7.86. The van der Waals surface area contributed by atoms with Gasteiger partial charge in [0, 0.05) is 18.2 Å². The van der Waals surface area contributed by atoms with E-state index >= 15 is 0 Å². The van der Waals surface area contributed by atoms with Crippen LogP contribution in [0.4, 0.5) is 0 Å². The maximum absolute atomic E-state index is 5.34. The summed E-state index contributed by atoms with van der Waals surface area (Å²) in [6.07, 6.45) is 4.46. The van der Waals surface area contributed by atoms with Crippen LogP contribution >= 0.6 is 0 Å². The molecule has 0 N–H and O–H groups in total. The fourth-order valence-corrected chi connectivity index (χ4v) is 2.59. The van der Waals surface area contributed by atoms with Gasteiger partial charge in [-0.1, -0.05) is 6.07 Å². The summed E-state index contributed by atoms with van der Waals surface area (Å²) < 4.78 is 5.34. The van der Waals surface area contributed by atoms with Gasteiger partial charge in [0.1, 0.15) is 0 Å². The lowest BCUT2D eigenvalue weighted by Crippen LogP contribution is -2.50. The molecule has 1 aromatic heterocycles. The minimum Gasteiger partial charge on any atom is -0.380 e. The van der Waals surface area contributed by atoms with Crippen molar-refractivity contribution >= 4 is 0 Å². The van der Waals surface area contributed by atoms with Gasteiger partial charge in [0.2, 0.25) is 0 Å². The lowest BCUT2D eigenvalue weighted by atomic mass is 9.77. The average Bonchev–Trinajstić information content (AvgIpc) is 2.29. The molecule has 0 aliphatic carbocycles. The average molecular weight is 218 g/mol. The van der Waals surface area contributed by atoms with Gasteiger partial charge in [0.15, 0.2) is 0 Å². The van der Waals surface area contributed by atoms with Gasteiger partial charge in [-0.2, -0.15) is 0 Å². The van der Waals surface area contributed by atoms with Crippen LogP contribution in [0, 0.1) is 5.41 Å². The van der Waals surface area contributed by atoms with E-state index in [0.29, 0.717) is 5.41 Å². The maximum atomic E-state index is 5.34. The van der Waals surface area contributed by atoms with Crippen LogP contribution in [0.5, 0.6) is 0 Å². The van der Waals surface area contributed by atoms with Gasteiger partial charge in [-0.05, 0) is 38.1 Å². The molecule has 0 atom stereocenters. The second-order valence-corrected chi connectivity index (χ2v) is 5.09. The Balaban J connectivity index is 1.54. The van der Waals surface area contributed by atoms with Crippen LogP contribution in [0.25, 0.3) is 0 Å². The van der Waals surface area contributed by atoms with Crippen molar-refractivity contribution < 1.29 is 4.74 Å². The summed E-state index contributed by atoms with van der Waals surface area (Å²) >= 11 is 0. The second kappa shape index (κ2) is 4.15. The van der Waals surface area contributed by atoms with Crippen molar-refractivity contribution in [1.82, 2.24) is 9.88 Å². The van der Waals surface area contributed by atoms with Crippen LogP contribution in [-0.4, -0.2) is 36.2 Å². The predicted molar refractivity (Wildman–Crippen MR) is 62.0 cm³/mol. The molecule has 3 nitrogen and oxygen atoms in total. The van der Waals surface area contributed by atoms with Crippen molar-refractivity contribution in [2.45, 2.75) is 19.4 Å². The Labute approximate surface area is 96.4 Å². The molecule has 2 aliphatic rings. The van der Waals surface area contributed by atoms with Crippen LogP contribution < -0.4 is 0 Å². The zero-order valence-corrected chi connectivity index (χ0v) is 9.56. The Hall–Kier alpha value is -0.930. The van der Waals surface area contributed by atoms with Crippen molar-refractivity contribution in [2.75, 3.05) is 26.3 Å². The van der Waals surface area contributed by atoms with Crippen molar-refractivity contribution in [3.05, 3.63) is 30.1 Å². The van der Waals surface area contributed by atoms with E-state index in [2.05, 4.69) is 22.0 Å². The van der Waals surface area contributed by atoms with Crippen LogP contribution in [-0.2, 0) is 11.3 Å². The molecule has 1 spiro atoms. The lowest BCUT2D eigenvalue weighted by molar-refractivity contribution is -0.140. The van der Waals surface area contributed by atoms with Crippen LogP contribution in [0.3, 0.4) is 0 Å². The van der Waals surface area contributed by atoms with Gasteiger partial charge in [-0.3, -0.25) is 9.88 Å². The van der Waals surface area contributed by atoms with E-state index in [4.69, 9.17) is 4.74 Å². The summed E-state index contributed by atoms with van der Waals surface area (Å²) in [5, 5.41) is 0. The number of pyridine rings is 1. The Morgan fingerprint density at radius 2 is 2.06 bits per heavy atom. The number of ether oxygens (including phenoxy) is 1. The van der Waals surface area contributed by atoms with E-state index in [1.807, 2.05) is 12.3 Å². The molecule has 2 aliphatic heterocycles. The molecular weight excluding hydrogens is 200 g/mol. The highest BCUT2D eigenvalue weighted by Crippen LogP contribution is 2.38. The molecular formula is C13H18N2O. The largest absolute Gasteiger partial charge is 0.380 e. The van der Waals surface area contributed by atoms with E-state index in [1.54, 1.807) is 0 Å². The molecule has 3 heteroatoms. The summed E-state index contributed by atoms with van der Waals surface area (Å²) in [6.45, 7) is 5.37. The summed E-state index contributed by atoms with van der Waals surface area (Å²) in [5.74, 6) is 0. The van der Waals surface area contributed by atoms with Gasteiger partial charge in [-0.15, -0.1) is 0 Å². The molecule has 3 heterocycles. The first-order valence-corrected chi connectivity index (χ1v) is 6.06. The number of hydrogen-bond acceptors (Lipinski definition) is 3. The Morgan fingerprint density at radius 3 is 2.62 bits per heavy atom. The number of nitrogens with zero attached hydrogens (tertiary/aromatic N) is 2. The topological polar surface area (TPSA) is 25.4 Å². The third-order valence-electron chi connectivity index (χ3n) is 3.84. The van der Waals surface area contributed by atoms with Gasteiger partial charge >= 0.3 is 0 Å². The third kappa shape index (κ3) is 1.97. The first-order valence-electron chi connectivity index (χ1n) is 6.06. The Morgan fingerprint density at radius 1 is 1.25 bits per heavy atom. The van der Waals surface area contributed by atoms with Crippen molar-refractivity contribution in [2.24, 2.45) is 5.41 Å². The molecule has 2 fully saturated rings. The van der Waals surface area contributed by atoms with Gasteiger partial charge in [-0.25, -0.2) is 0 Å². The number of hydrogen-bond donors (Lipinski definition) is 0. The van der Waals surface area contributed by atoms with Gasteiger partial charge < -0.3 is 4.74 Å². The van der Waals surface area contributed by atoms with E-state index in [-0.39, 0.29) is 0 Å². The van der Waals surface area contributed by atoms with Crippen LogP contribution in [0.15, 0.2) is 24.4 Å². The number of likely N-dealkylation sites (tertiary alicyclic amines) is 1. The molecule has 3 rings (SSSR count). The Bertz CT molecular complexity index is 338. The van der Waals surface area contributed by atoms with E-state index in [1.165, 1.54) is 31.6 Å². The fourth-order valence-electron chi connectivity index (χ4n) is 2.59. The third-order valence-corrected chi connectivity index (χ3v) is 3.84. The molecule has 0 amide bonds. The number of rotatable bonds is 2. The first kappa shape index (κ1) is 10.2.